The van der Waals surface area contributed by atoms with E-state index in [9.17, 15) is 22.8 Å². The Morgan fingerprint density at radius 3 is 2.37 bits per heavy atom. The van der Waals surface area contributed by atoms with Crippen LogP contribution in [-0.2, 0) is 9.47 Å². The third-order valence-electron chi connectivity index (χ3n) is 6.93. The van der Waals surface area contributed by atoms with Gasteiger partial charge in [-0.25, -0.2) is 9.59 Å². The Labute approximate surface area is 250 Å². The maximum absolute atomic E-state index is 13.5. The lowest BCUT2D eigenvalue weighted by molar-refractivity contribution is -0.136. The normalized spacial score (nSPS) is 17.0. The molecule has 0 N–H and O–H groups in total. The molecule has 4 rings (SSSR count). The molecule has 1 amide bonds. The van der Waals surface area contributed by atoms with Crippen molar-refractivity contribution >= 4 is 23.3 Å². The lowest BCUT2D eigenvalue weighted by atomic mass is 9.98. The van der Waals surface area contributed by atoms with Crippen molar-refractivity contribution in [1.82, 2.24) is 14.8 Å². The maximum atomic E-state index is 13.5. The van der Waals surface area contributed by atoms with Crippen molar-refractivity contribution < 1.29 is 32.2 Å². The summed E-state index contributed by atoms with van der Waals surface area (Å²) in [5, 5.41) is 0. The number of methoxy groups -OCH3 is 1. The fourth-order valence-electron chi connectivity index (χ4n) is 4.89. The van der Waals surface area contributed by atoms with Crippen LogP contribution < -0.4 is 0 Å². The van der Waals surface area contributed by atoms with E-state index in [1.54, 1.807) is 57.4 Å². The fraction of sp³-hybridized carbons (Fsp3) is 0.364. The van der Waals surface area contributed by atoms with Gasteiger partial charge < -0.3 is 14.4 Å². The van der Waals surface area contributed by atoms with Crippen molar-refractivity contribution in [2.45, 2.75) is 59.2 Å². The highest BCUT2D eigenvalue weighted by atomic mass is 19.4. The molecular weight excluding hydrogens is 559 g/mol. The molecule has 228 valence electrons. The molecule has 0 saturated heterocycles. The number of amides is 1. The second-order valence-electron chi connectivity index (χ2n) is 11.6. The second kappa shape index (κ2) is 12.5. The van der Waals surface area contributed by atoms with Gasteiger partial charge in [0.05, 0.1) is 30.5 Å². The molecule has 0 saturated carbocycles. The predicted octanol–water partition coefficient (Wildman–Crippen LogP) is 7.87. The highest BCUT2D eigenvalue weighted by Crippen LogP contribution is 2.41. The molecule has 2 aliphatic heterocycles. The van der Waals surface area contributed by atoms with Gasteiger partial charge in [0, 0.05) is 36.4 Å². The van der Waals surface area contributed by atoms with Crippen molar-refractivity contribution in [3.05, 3.63) is 101 Å². The zero-order valence-electron chi connectivity index (χ0n) is 25.2. The van der Waals surface area contributed by atoms with E-state index in [0.717, 1.165) is 21.7 Å². The van der Waals surface area contributed by atoms with Gasteiger partial charge in [-0.2, -0.15) is 13.2 Å². The van der Waals surface area contributed by atoms with Gasteiger partial charge in [-0.3, -0.25) is 9.88 Å². The number of carbonyl (C=O) groups excluding carboxylic acids is 2. The van der Waals surface area contributed by atoms with Gasteiger partial charge in [0.1, 0.15) is 5.60 Å². The number of rotatable bonds is 6. The average molecular weight is 596 g/mol. The number of hydrogen-bond acceptors (Lipinski definition) is 6. The molecule has 43 heavy (non-hydrogen) atoms. The molecule has 0 fully saturated rings. The van der Waals surface area contributed by atoms with Gasteiger partial charge in [0.15, 0.2) is 0 Å². The molecule has 0 bridgehead atoms. The molecule has 0 aliphatic carbocycles. The summed E-state index contributed by atoms with van der Waals surface area (Å²) in [5.41, 5.74) is 4.02. The van der Waals surface area contributed by atoms with Gasteiger partial charge in [-0.1, -0.05) is 25.1 Å². The van der Waals surface area contributed by atoms with Gasteiger partial charge in [-0.15, -0.1) is 0 Å². The number of aryl methyl sites for hydroxylation is 1. The quantitative estimate of drug-likeness (QED) is 0.317. The van der Waals surface area contributed by atoms with Crippen LogP contribution in [0.25, 0.3) is 11.3 Å². The van der Waals surface area contributed by atoms with Crippen LogP contribution in [0.15, 0.2) is 78.5 Å². The predicted molar refractivity (Wildman–Crippen MR) is 158 cm³/mol. The zero-order chi connectivity index (χ0) is 31.5. The van der Waals surface area contributed by atoms with Gasteiger partial charge in [-0.05, 0) is 87.1 Å². The Morgan fingerprint density at radius 2 is 1.77 bits per heavy atom. The number of nitrogens with zero attached hydrogens (tertiary/aromatic N) is 3. The summed E-state index contributed by atoms with van der Waals surface area (Å²) < 4.78 is 51.1. The first-order chi connectivity index (χ1) is 20.2. The van der Waals surface area contributed by atoms with Crippen LogP contribution in [0, 0.1) is 12.8 Å². The Kier molecular flexibility index (Phi) is 9.18. The molecule has 10 heteroatoms. The number of hydrogen-bond donors (Lipinski definition) is 0. The summed E-state index contributed by atoms with van der Waals surface area (Å²) in [4.78, 5) is 32.9. The first-order valence-corrected chi connectivity index (χ1v) is 14.0. The minimum atomic E-state index is -4.49. The minimum absolute atomic E-state index is 0.0536. The molecule has 0 radical (unpaired) electrons. The number of halogens is 3. The van der Waals surface area contributed by atoms with Crippen LogP contribution in [0.2, 0.25) is 0 Å². The van der Waals surface area contributed by atoms with Crippen molar-refractivity contribution in [1.29, 1.82) is 0 Å². The van der Waals surface area contributed by atoms with E-state index in [4.69, 9.17) is 9.47 Å². The Bertz CT molecular complexity index is 1500. The highest BCUT2D eigenvalue weighted by Gasteiger charge is 2.36. The van der Waals surface area contributed by atoms with Crippen molar-refractivity contribution in [2.24, 2.45) is 5.92 Å². The number of allylic oxidation sites excluding steroid dienone is 4. The summed E-state index contributed by atoms with van der Waals surface area (Å²) in [7, 11) is 1.32. The van der Waals surface area contributed by atoms with E-state index in [1.807, 2.05) is 43.2 Å². The fourth-order valence-corrected chi connectivity index (χ4v) is 4.89. The summed E-state index contributed by atoms with van der Waals surface area (Å²) >= 11 is 0. The molecule has 1 unspecified atom stereocenters. The molecule has 0 spiro atoms. The van der Waals surface area contributed by atoms with Crippen molar-refractivity contribution in [3.8, 4) is 0 Å². The Hall–Kier alpha value is -4.34. The standard InChI is InChI=1S/C33H36F3N3O4/c1-21-7-10-27-29(38(16-13-33(34,35)36)31(41)43-32(3,4)5)19-25(23-11-14-37-15-12-23)20-39(27)28(17-21)24-8-9-26(22(2)18-24)30(40)42-6/h8-12,14-15,17-21H,7,13,16H2,1-6H3. The number of pyridine rings is 1. The van der Waals surface area contributed by atoms with E-state index < -0.39 is 36.8 Å². The summed E-state index contributed by atoms with van der Waals surface area (Å²) in [5.74, 6) is -0.397. The number of carbonyl (C=O) groups is 2. The lowest BCUT2D eigenvalue weighted by Gasteiger charge is -2.37. The van der Waals surface area contributed by atoms with Crippen LogP contribution in [-0.4, -0.2) is 52.3 Å². The number of esters is 1. The van der Waals surface area contributed by atoms with Gasteiger partial charge >= 0.3 is 18.2 Å². The smallest absolute Gasteiger partial charge is 0.414 e. The molecular formula is C33H36F3N3O4. The minimum Gasteiger partial charge on any atom is -0.465 e. The molecule has 3 heterocycles. The van der Waals surface area contributed by atoms with E-state index in [2.05, 4.69) is 11.1 Å². The monoisotopic (exact) mass is 595 g/mol. The van der Waals surface area contributed by atoms with Crippen molar-refractivity contribution in [3.63, 3.8) is 0 Å². The van der Waals surface area contributed by atoms with Crippen LogP contribution in [0.5, 0.6) is 0 Å². The highest BCUT2D eigenvalue weighted by molar-refractivity contribution is 5.92. The summed E-state index contributed by atoms with van der Waals surface area (Å²) in [6.45, 7) is 8.24. The second-order valence-corrected chi connectivity index (χ2v) is 11.6. The first-order valence-electron chi connectivity index (χ1n) is 14.0. The number of benzene rings is 1. The number of alkyl halides is 3. The molecule has 2 aromatic rings. The number of ether oxygens (including phenoxy) is 2. The third kappa shape index (κ3) is 7.74. The van der Waals surface area contributed by atoms with Crippen molar-refractivity contribution in [2.75, 3.05) is 13.7 Å². The lowest BCUT2D eigenvalue weighted by Crippen LogP contribution is -2.40. The van der Waals surface area contributed by atoms with Crippen LogP contribution in [0.3, 0.4) is 0 Å². The molecule has 1 aromatic carbocycles. The zero-order valence-corrected chi connectivity index (χ0v) is 25.2. The largest absolute Gasteiger partial charge is 0.465 e. The third-order valence-corrected chi connectivity index (χ3v) is 6.93. The summed E-state index contributed by atoms with van der Waals surface area (Å²) in [6, 6.07) is 8.97. The number of aromatic nitrogens is 1. The topological polar surface area (TPSA) is 72.0 Å². The van der Waals surface area contributed by atoms with E-state index >= 15 is 0 Å². The number of fused-ring (bicyclic) bond motifs is 1. The van der Waals surface area contributed by atoms with E-state index in [1.165, 1.54) is 7.11 Å². The maximum Gasteiger partial charge on any atom is 0.414 e. The van der Waals surface area contributed by atoms with Gasteiger partial charge in [0.25, 0.3) is 0 Å². The summed E-state index contributed by atoms with van der Waals surface area (Å²) in [6.07, 6.45) is 4.88. The van der Waals surface area contributed by atoms with Crippen LogP contribution in [0.4, 0.5) is 18.0 Å². The first kappa shape index (κ1) is 31.6. The average Bonchev–Trinajstić information content (AvgIpc) is 3.10. The van der Waals surface area contributed by atoms with E-state index in [-0.39, 0.29) is 11.6 Å². The molecule has 7 nitrogen and oxygen atoms in total. The molecule has 2 aliphatic rings. The molecule has 1 aromatic heterocycles. The Balaban J connectivity index is 1.90. The van der Waals surface area contributed by atoms with Crippen LogP contribution in [0.1, 0.15) is 67.6 Å². The molecule has 1 atom stereocenters. The van der Waals surface area contributed by atoms with E-state index in [0.29, 0.717) is 28.8 Å². The Morgan fingerprint density at radius 1 is 1.07 bits per heavy atom. The SMILES string of the molecule is COC(=O)c1ccc(C2=CC(C)CC=C3C(N(CCC(F)(F)F)C(=O)OC(C)(C)C)=CC(c4ccncc4)=CN32)cc1C. The van der Waals surface area contributed by atoms with Crippen LogP contribution >= 0.6 is 0 Å². The van der Waals surface area contributed by atoms with Gasteiger partial charge in [0.2, 0.25) is 0 Å².